The van der Waals surface area contributed by atoms with Crippen LogP contribution in [0.15, 0.2) is 42.9 Å². The molecule has 2 aromatic heterocycles. The van der Waals surface area contributed by atoms with Crippen LogP contribution in [0.1, 0.15) is 29.8 Å². The summed E-state index contributed by atoms with van der Waals surface area (Å²) in [5, 5.41) is 29.8. The van der Waals surface area contributed by atoms with Gasteiger partial charge >= 0.3 is 10.3 Å². The Kier molecular flexibility index (Phi) is 5.35. The molecule has 1 unspecified atom stereocenters. The predicted octanol–water partition coefficient (Wildman–Crippen LogP) is 0.370. The fraction of sp³-hybridized carbons (Fsp3) is 0.400. The number of aromatic nitrogens is 3. The van der Waals surface area contributed by atoms with Crippen LogP contribution < -0.4 is 10.5 Å². The average Bonchev–Trinajstić information content (AvgIpc) is 3.44. The number of rotatable bonds is 6. The van der Waals surface area contributed by atoms with Crippen molar-refractivity contribution >= 4 is 27.2 Å². The molecule has 1 saturated heterocycles. The van der Waals surface area contributed by atoms with Gasteiger partial charge in [-0.3, -0.25) is 4.18 Å². The van der Waals surface area contributed by atoms with E-state index in [1.54, 1.807) is 16.8 Å². The molecule has 0 amide bonds. The lowest BCUT2D eigenvalue weighted by molar-refractivity contribution is -0.0464. The Bertz CT molecular complexity index is 1250. The number of nitrogens with zero attached hydrogens (tertiary/aromatic N) is 3. The molecule has 0 bridgehead atoms. The van der Waals surface area contributed by atoms with Crippen molar-refractivity contribution in [1.82, 2.24) is 14.5 Å². The smallest absolute Gasteiger partial charge is 0.333 e. The summed E-state index contributed by atoms with van der Waals surface area (Å²) in [4.78, 5) is 8.73. The molecule has 0 saturated carbocycles. The van der Waals surface area contributed by atoms with Gasteiger partial charge in [0.25, 0.3) is 0 Å². The van der Waals surface area contributed by atoms with E-state index in [-0.39, 0.29) is 6.04 Å². The largest absolute Gasteiger partial charge is 0.387 e. The second kappa shape index (κ2) is 8.06. The number of ether oxygens (including phenoxy) is 1. The van der Waals surface area contributed by atoms with Crippen LogP contribution in [0.3, 0.4) is 0 Å². The molecule has 3 heterocycles. The Labute approximate surface area is 184 Å². The molecule has 0 radical (unpaired) electrons. The molecule has 1 aromatic carbocycles. The van der Waals surface area contributed by atoms with Crippen molar-refractivity contribution in [2.24, 2.45) is 5.14 Å². The topological polar surface area (TPSA) is 162 Å². The van der Waals surface area contributed by atoms with Gasteiger partial charge in [0.15, 0.2) is 6.23 Å². The maximum Gasteiger partial charge on any atom is 0.333 e. The molecule has 5 rings (SSSR count). The molecule has 5 N–H and O–H groups in total. The minimum Gasteiger partial charge on any atom is -0.387 e. The second-order valence-electron chi connectivity index (χ2n) is 7.94. The lowest BCUT2D eigenvalue weighted by Crippen LogP contribution is -2.35. The molecule has 1 aliphatic carbocycles. The van der Waals surface area contributed by atoms with Crippen molar-refractivity contribution in [1.29, 1.82) is 0 Å². The highest BCUT2D eigenvalue weighted by molar-refractivity contribution is 7.84. The Balaban J connectivity index is 1.40. The van der Waals surface area contributed by atoms with Gasteiger partial charge in [0, 0.05) is 6.20 Å². The lowest BCUT2D eigenvalue weighted by atomic mass is 10.1. The number of nitrogens with two attached hydrogens (primary N) is 1. The molecule has 1 aliphatic heterocycles. The van der Waals surface area contributed by atoms with Gasteiger partial charge in [-0.1, -0.05) is 24.3 Å². The number of hydrogen-bond acceptors (Lipinski definition) is 9. The maximum atomic E-state index is 11.0. The van der Waals surface area contributed by atoms with Crippen LogP contribution in [0.4, 0.5) is 5.82 Å². The average molecular weight is 462 g/mol. The standard InChI is InChI=1S/C20H23N5O6S/c21-32(28,29)30-9-15-16(26)17(27)20(31-15)25-8-7-13-18(22-10-23-19(13)25)24-14-6-5-11-3-1-2-4-12(11)14/h1-4,7-8,10,14-17,20,26-27H,5-6,9H2,(H2,21,28,29)(H,22,23,24)/t14-,15+,16+,17?,20+/m0/s1. The summed E-state index contributed by atoms with van der Waals surface area (Å²) in [5.74, 6) is 0.651. The van der Waals surface area contributed by atoms with Gasteiger partial charge in [-0.05, 0) is 30.0 Å². The van der Waals surface area contributed by atoms with E-state index in [1.807, 2.05) is 12.1 Å². The van der Waals surface area contributed by atoms with Crippen LogP contribution in [0.25, 0.3) is 11.0 Å². The van der Waals surface area contributed by atoms with Crippen molar-refractivity contribution in [3.63, 3.8) is 0 Å². The Morgan fingerprint density at radius 1 is 1.22 bits per heavy atom. The first-order chi connectivity index (χ1) is 15.3. The summed E-state index contributed by atoms with van der Waals surface area (Å²) in [7, 11) is -4.21. The van der Waals surface area contributed by atoms with E-state index in [4.69, 9.17) is 9.88 Å². The second-order valence-corrected chi connectivity index (χ2v) is 9.16. The van der Waals surface area contributed by atoms with Gasteiger partial charge in [-0.25, -0.2) is 15.1 Å². The Hall–Kier alpha value is -2.61. The zero-order chi connectivity index (χ0) is 22.5. The molecule has 0 spiro atoms. The van der Waals surface area contributed by atoms with Gasteiger partial charge in [-0.15, -0.1) is 0 Å². The molecule has 32 heavy (non-hydrogen) atoms. The third-order valence-electron chi connectivity index (χ3n) is 5.96. The summed E-state index contributed by atoms with van der Waals surface area (Å²) < 4.78 is 33.9. The van der Waals surface area contributed by atoms with Gasteiger partial charge < -0.3 is 24.8 Å². The van der Waals surface area contributed by atoms with Crippen LogP contribution in [0.5, 0.6) is 0 Å². The quantitative estimate of drug-likeness (QED) is 0.406. The van der Waals surface area contributed by atoms with Crippen molar-refractivity contribution in [2.45, 2.75) is 43.4 Å². The Morgan fingerprint density at radius 3 is 2.84 bits per heavy atom. The number of hydrogen-bond donors (Lipinski definition) is 4. The first-order valence-corrected chi connectivity index (χ1v) is 11.6. The van der Waals surface area contributed by atoms with Gasteiger partial charge in [0.05, 0.1) is 18.0 Å². The Morgan fingerprint density at radius 2 is 2.03 bits per heavy atom. The van der Waals surface area contributed by atoms with E-state index in [2.05, 4.69) is 31.6 Å². The molecular weight excluding hydrogens is 438 g/mol. The van der Waals surface area contributed by atoms with E-state index in [1.165, 1.54) is 17.5 Å². The summed E-state index contributed by atoms with van der Waals surface area (Å²) in [6.07, 6.45) is 0.268. The molecule has 170 valence electrons. The summed E-state index contributed by atoms with van der Waals surface area (Å²) in [6, 6.07) is 10.2. The first kappa shape index (κ1) is 21.2. The van der Waals surface area contributed by atoms with Crippen LogP contribution >= 0.6 is 0 Å². The summed E-state index contributed by atoms with van der Waals surface area (Å²) >= 11 is 0. The van der Waals surface area contributed by atoms with Crippen molar-refractivity contribution in [3.8, 4) is 0 Å². The molecule has 11 nitrogen and oxygen atoms in total. The fourth-order valence-corrected chi connectivity index (χ4v) is 4.75. The first-order valence-electron chi connectivity index (χ1n) is 10.2. The summed E-state index contributed by atoms with van der Waals surface area (Å²) in [6.45, 7) is -0.518. The van der Waals surface area contributed by atoms with Crippen molar-refractivity contribution in [3.05, 3.63) is 54.0 Å². The van der Waals surface area contributed by atoms with E-state index in [0.717, 1.165) is 18.2 Å². The van der Waals surface area contributed by atoms with Crippen molar-refractivity contribution in [2.75, 3.05) is 11.9 Å². The number of anilines is 1. The number of aliphatic hydroxyl groups excluding tert-OH is 2. The highest BCUT2D eigenvalue weighted by Crippen LogP contribution is 2.36. The lowest BCUT2D eigenvalue weighted by Gasteiger charge is -2.18. The number of aryl methyl sites for hydroxylation is 1. The SMILES string of the molecule is NS(=O)(=O)OC[C@H]1O[C@@H](n2ccc3c(N[C@H]4CCc5ccccc54)ncnc32)C(O)[C@@H]1O. The minimum absolute atomic E-state index is 0.127. The number of benzene rings is 1. The van der Waals surface area contributed by atoms with Gasteiger partial charge in [0.1, 0.15) is 36.1 Å². The maximum absolute atomic E-state index is 11.0. The van der Waals surface area contributed by atoms with Gasteiger partial charge in [0.2, 0.25) is 0 Å². The van der Waals surface area contributed by atoms with E-state index < -0.39 is 41.5 Å². The number of nitrogens with one attached hydrogen (secondary N) is 1. The molecule has 1 fully saturated rings. The highest BCUT2D eigenvalue weighted by Gasteiger charge is 2.44. The minimum atomic E-state index is -4.21. The third kappa shape index (κ3) is 3.85. The summed E-state index contributed by atoms with van der Waals surface area (Å²) in [5.41, 5.74) is 3.06. The van der Waals surface area contributed by atoms with Crippen LogP contribution in [-0.2, 0) is 25.6 Å². The zero-order valence-electron chi connectivity index (χ0n) is 16.9. The van der Waals surface area contributed by atoms with Crippen molar-refractivity contribution < 1.29 is 27.6 Å². The molecule has 12 heteroatoms. The molecular formula is C20H23N5O6S. The zero-order valence-corrected chi connectivity index (χ0v) is 17.7. The monoisotopic (exact) mass is 461 g/mol. The highest BCUT2D eigenvalue weighted by atomic mass is 32.2. The van der Waals surface area contributed by atoms with Crippen LogP contribution in [0, 0.1) is 0 Å². The van der Waals surface area contributed by atoms with E-state index >= 15 is 0 Å². The third-order valence-corrected chi connectivity index (χ3v) is 6.43. The number of aliphatic hydroxyl groups is 2. The fourth-order valence-electron chi connectivity index (χ4n) is 4.42. The van der Waals surface area contributed by atoms with Crippen LogP contribution in [-0.4, -0.2) is 58.1 Å². The molecule has 3 aromatic rings. The number of fused-ring (bicyclic) bond motifs is 2. The van der Waals surface area contributed by atoms with E-state index in [0.29, 0.717) is 11.5 Å². The molecule has 2 aliphatic rings. The predicted molar refractivity (Wildman–Crippen MR) is 114 cm³/mol. The van der Waals surface area contributed by atoms with Gasteiger partial charge in [-0.2, -0.15) is 8.42 Å². The van der Waals surface area contributed by atoms with E-state index in [9.17, 15) is 18.6 Å². The molecule has 5 atom stereocenters. The van der Waals surface area contributed by atoms with Crippen LogP contribution in [0.2, 0.25) is 0 Å². The normalized spacial score (nSPS) is 27.7.